The number of carbonyl (C=O) groups excluding carboxylic acids is 2. The Balaban J connectivity index is 0.00000320. The minimum Gasteiger partial charge on any atom is -0.450 e. The minimum absolute atomic E-state index is 0. The Morgan fingerprint density at radius 1 is 1.23 bits per heavy atom. The molecular formula is C21H32IN5O3. The highest BCUT2D eigenvalue weighted by molar-refractivity contribution is 14.0. The van der Waals surface area contributed by atoms with E-state index in [4.69, 9.17) is 10.5 Å². The topological polar surface area (TPSA) is 100 Å². The second-order valence-corrected chi connectivity index (χ2v) is 7.49. The van der Waals surface area contributed by atoms with Crippen LogP contribution in [-0.2, 0) is 22.6 Å². The fraction of sp³-hybridized carbons (Fsp3) is 0.571. The monoisotopic (exact) mass is 529 g/mol. The van der Waals surface area contributed by atoms with Crippen LogP contribution in [0.15, 0.2) is 29.3 Å². The molecule has 166 valence electrons. The molecule has 0 bridgehead atoms. The van der Waals surface area contributed by atoms with Crippen LogP contribution >= 0.6 is 24.0 Å². The molecule has 30 heavy (non-hydrogen) atoms. The lowest BCUT2D eigenvalue weighted by atomic mass is 10.1. The Bertz CT molecular complexity index is 750. The van der Waals surface area contributed by atoms with E-state index in [1.807, 2.05) is 36.1 Å². The molecule has 0 aromatic heterocycles. The summed E-state index contributed by atoms with van der Waals surface area (Å²) >= 11 is 0. The van der Waals surface area contributed by atoms with Gasteiger partial charge in [0.15, 0.2) is 5.96 Å². The van der Waals surface area contributed by atoms with E-state index in [0.717, 1.165) is 36.9 Å². The number of halogens is 1. The molecule has 1 aromatic carbocycles. The molecule has 0 spiro atoms. The number of guanidine groups is 1. The predicted octanol–water partition coefficient (Wildman–Crippen LogP) is 2.45. The van der Waals surface area contributed by atoms with E-state index < -0.39 is 0 Å². The van der Waals surface area contributed by atoms with Gasteiger partial charge in [0.1, 0.15) is 0 Å². The molecule has 2 aliphatic heterocycles. The highest BCUT2D eigenvalue weighted by atomic mass is 127. The number of ether oxygens (including phenoxy) is 1. The minimum atomic E-state index is -0.249. The summed E-state index contributed by atoms with van der Waals surface area (Å²) in [7, 11) is 0. The Labute approximate surface area is 195 Å². The zero-order valence-electron chi connectivity index (χ0n) is 17.5. The highest BCUT2D eigenvalue weighted by Gasteiger charge is 2.24. The summed E-state index contributed by atoms with van der Waals surface area (Å²) < 4.78 is 5.04. The van der Waals surface area contributed by atoms with Gasteiger partial charge in [-0.05, 0) is 37.3 Å². The molecule has 2 fully saturated rings. The number of carbonyl (C=O) groups is 2. The van der Waals surface area contributed by atoms with Gasteiger partial charge in [-0.15, -0.1) is 24.0 Å². The third-order valence-corrected chi connectivity index (χ3v) is 5.44. The third kappa shape index (κ3) is 6.75. The molecule has 2 aliphatic rings. The lowest BCUT2D eigenvalue weighted by Gasteiger charge is -2.31. The summed E-state index contributed by atoms with van der Waals surface area (Å²) in [4.78, 5) is 31.8. The summed E-state index contributed by atoms with van der Waals surface area (Å²) in [5, 5.41) is 3.26. The van der Waals surface area contributed by atoms with Crippen LogP contribution in [0.4, 0.5) is 4.79 Å². The van der Waals surface area contributed by atoms with Gasteiger partial charge in [0.25, 0.3) is 0 Å². The van der Waals surface area contributed by atoms with Crippen LogP contribution in [0.1, 0.15) is 43.7 Å². The number of nitrogens with zero attached hydrogens (tertiary/aromatic N) is 3. The number of benzene rings is 1. The van der Waals surface area contributed by atoms with E-state index >= 15 is 0 Å². The molecule has 2 amide bonds. The first kappa shape index (κ1) is 24.2. The molecule has 0 saturated carbocycles. The number of hydrogen-bond acceptors (Lipinski definition) is 4. The first-order valence-electron chi connectivity index (χ1n) is 10.4. The molecule has 8 nitrogen and oxygen atoms in total. The van der Waals surface area contributed by atoms with Crippen LogP contribution in [0, 0.1) is 0 Å². The number of aliphatic imine (C=N–C) groups is 1. The molecule has 9 heteroatoms. The Kier molecular flexibility index (Phi) is 9.67. The number of hydrogen-bond donors (Lipinski definition) is 2. The standard InChI is InChI=1S/C21H31N5O3.HI/c1-2-29-21(28)25-12-9-18(10-13-25)24-20(22)23-14-16-6-3-4-7-17(16)15-26-11-5-8-19(26)27;/h3-4,6-7,18H,2,5,8-15H2,1H3,(H3,22,23,24);1H. The first-order valence-corrected chi connectivity index (χ1v) is 10.4. The van der Waals surface area contributed by atoms with E-state index in [2.05, 4.69) is 10.3 Å². The zero-order valence-corrected chi connectivity index (χ0v) is 19.8. The number of amides is 2. The predicted molar refractivity (Wildman–Crippen MR) is 127 cm³/mol. The smallest absolute Gasteiger partial charge is 0.409 e. The molecule has 2 saturated heterocycles. The van der Waals surface area contributed by atoms with Gasteiger partial charge in [-0.3, -0.25) is 4.79 Å². The highest BCUT2D eigenvalue weighted by Crippen LogP contribution is 2.18. The van der Waals surface area contributed by atoms with Crippen molar-refractivity contribution in [3.05, 3.63) is 35.4 Å². The molecule has 0 radical (unpaired) electrons. The van der Waals surface area contributed by atoms with Crippen molar-refractivity contribution in [1.82, 2.24) is 15.1 Å². The third-order valence-electron chi connectivity index (χ3n) is 5.44. The van der Waals surface area contributed by atoms with Gasteiger partial charge in [0.05, 0.1) is 13.2 Å². The van der Waals surface area contributed by atoms with Gasteiger partial charge >= 0.3 is 6.09 Å². The number of nitrogens with one attached hydrogen (secondary N) is 1. The van der Waals surface area contributed by atoms with Crippen molar-refractivity contribution in [2.75, 3.05) is 26.2 Å². The second-order valence-electron chi connectivity index (χ2n) is 7.49. The molecule has 3 N–H and O–H groups in total. The van der Waals surface area contributed by atoms with Gasteiger partial charge in [-0.1, -0.05) is 24.3 Å². The van der Waals surface area contributed by atoms with Gasteiger partial charge in [0.2, 0.25) is 5.91 Å². The fourth-order valence-corrected chi connectivity index (χ4v) is 3.79. The zero-order chi connectivity index (χ0) is 20.6. The van der Waals surface area contributed by atoms with Gasteiger partial charge in [-0.25, -0.2) is 9.79 Å². The van der Waals surface area contributed by atoms with E-state index in [0.29, 0.717) is 45.2 Å². The van der Waals surface area contributed by atoms with Crippen molar-refractivity contribution in [1.29, 1.82) is 0 Å². The number of piperidine rings is 1. The Morgan fingerprint density at radius 2 is 1.93 bits per heavy atom. The largest absolute Gasteiger partial charge is 0.450 e. The number of nitrogens with two attached hydrogens (primary N) is 1. The fourth-order valence-electron chi connectivity index (χ4n) is 3.79. The van der Waals surface area contributed by atoms with Crippen LogP contribution in [-0.4, -0.2) is 60.0 Å². The Hall–Kier alpha value is -2.04. The molecule has 0 unspecified atom stereocenters. The lowest BCUT2D eigenvalue weighted by molar-refractivity contribution is -0.128. The van der Waals surface area contributed by atoms with E-state index in [1.165, 1.54) is 0 Å². The van der Waals surface area contributed by atoms with Crippen molar-refractivity contribution >= 4 is 41.9 Å². The van der Waals surface area contributed by atoms with Gasteiger partial charge in [-0.2, -0.15) is 0 Å². The van der Waals surface area contributed by atoms with Crippen molar-refractivity contribution in [2.24, 2.45) is 10.7 Å². The molecule has 2 heterocycles. The molecule has 1 aromatic rings. The quantitative estimate of drug-likeness (QED) is 0.335. The van der Waals surface area contributed by atoms with E-state index in [1.54, 1.807) is 4.90 Å². The number of likely N-dealkylation sites (tertiary alicyclic amines) is 2. The summed E-state index contributed by atoms with van der Waals surface area (Å²) in [6, 6.07) is 8.24. The summed E-state index contributed by atoms with van der Waals surface area (Å²) in [5.74, 6) is 0.630. The van der Waals surface area contributed by atoms with Crippen molar-refractivity contribution < 1.29 is 14.3 Å². The number of rotatable bonds is 6. The molecule has 0 atom stereocenters. The summed E-state index contributed by atoms with van der Waals surface area (Å²) in [6.07, 6.45) is 2.95. The summed E-state index contributed by atoms with van der Waals surface area (Å²) in [6.45, 7) is 5.43. The molecular weight excluding hydrogens is 497 g/mol. The van der Waals surface area contributed by atoms with Crippen LogP contribution in [0.5, 0.6) is 0 Å². The van der Waals surface area contributed by atoms with Crippen molar-refractivity contribution in [2.45, 2.75) is 51.7 Å². The lowest BCUT2D eigenvalue weighted by Crippen LogP contribution is -2.48. The van der Waals surface area contributed by atoms with E-state index in [9.17, 15) is 9.59 Å². The normalized spacial score (nSPS) is 17.6. The van der Waals surface area contributed by atoms with Gasteiger partial charge < -0.3 is 25.6 Å². The maximum Gasteiger partial charge on any atom is 0.409 e. The molecule has 0 aliphatic carbocycles. The van der Waals surface area contributed by atoms with Crippen LogP contribution in [0.3, 0.4) is 0 Å². The maximum atomic E-state index is 11.9. The SMILES string of the molecule is CCOC(=O)N1CCC(NC(N)=NCc2ccccc2CN2CCCC2=O)CC1.I. The van der Waals surface area contributed by atoms with Gasteiger partial charge in [0, 0.05) is 38.6 Å². The Morgan fingerprint density at radius 3 is 2.57 bits per heavy atom. The van der Waals surface area contributed by atoms with Crippen LogP contribution in [0.25, 0.3) is 0 Å². The van der Waals surface area contributed by atoms with E-state index in [-0.39, 0.29) is 42.0 Å². The average molecular weight is 529 g/mol. The van der Waals surface area contributed by atoms with Crippen molar-refractivity contribution in [3.63, 3.8) is 0 Å². The van der Waals surface area contributed by atoms with Crippen LogP contribution < -0.4 is 11.1 Å². The maximum absolute atomic E-state index is 11.9. The average Bonchev–Trinajstić information content (AvgIpc) is 3.12. The molecule has 3 rings (SSSR count). The second kappa shape index (κ2) is 12.0. The first-order chi connectivity index (χ1) is 14.1. The van der Waals surface area contributed by atoms with Crippen molar-refractivity contribution in [3.8, 4) is 0 Å². The summed E-state index contributed by atoms with van der Waals surface area (Å²) in [5.41, 5.74) is 8.29. The van der Waals surface area contributed by atoms with Crippen LogP contribution in [0.2, 0.25) is 0 Å².